The van der Waals surface area contributed by atoms with Gasteiger partial charge in [0.05, 0.1) is 0 Å². The molecule has 2 rings (SSSR count). The average Bonchev–Trinajstić information content (AvgIpc) is 2.83. The Kier molecular flexibility index (Phi) is 5.32. The number of rotatable bonds is 1. The Morgan fingerprint density at radius 1 is 0.792 bits per heavy atom. The van der Waals surface area contributed by atoms with E-state index in [9.17, 15) is 0 Å². The molecule has 0 bridgehead atoms. The van der Waals surface area contributed by atoms with Crippen LogP contribution in [0.2, 0.25) is 0 Å². The molecule has 0 nitrogen and oxygen atoms in total. The molecule has 1 aromatic carbocycles. The largest absolute Gasteiger partial charge is 0.108 e. The lowest BCUT2D eigenvalue weighted by Crippen LogP contribution is -2.30. The first kappa shape index (κ1) is 21.0. The molecule has 0 N–H and O–H groups in total. The minimum Gasteiger partial charge on any atom is -0.107 e. The van der Waals surface area contributed by atoms with Gasteiger partial charge in [-0.25, -0.2) is 0 Å². The summed E-state index contributed by atoms with van der Waals surface area (Å²) in [6.45, 7) is 22.3. The number of hydrogen-bond acceptors (Lipinski definition) is 0. The summed E-state index contributed by atoms with van der Waals surface area (Å²) in [7, 11) is -0.473. The Bertz CT molecular complexity index is 608. The fourth-order valence-electron chi connectivity index (χ4n) is 2.98. The summed E-state index contributed by atoms with van der Waals surface area (Å²) in [5.74, 6) is 0. The predicted octanol–water partition coefficient (Wildman–Crippen LogP) is 8.16. The first-order valence-corrected chi connectivity index (χ1v) is 13.3. The van der Waals surface area contributed by atoms with Crippen molar-refractivity contribution in [3.8, 4) is 0 Å². The van der Waals surface area contributed by atoms with Crippen molar-refractivity contribution in [1.82, 2.24) is 0 Å². The molecule has 0 aliphatic carbocycles. The molecule has 1 aliphatic rings. The molecule has 4 heteroatoms. The Labute approximate surface area is 161 Å². The fraction of sp³-hybridized carbons (Fsp3) is 0.700. The van der Waals surface area contributed by atoms with E-state index in [-0.39, 0.29) is 20.6 Å². The topological polar surface area (TPSA) is 0 Å². The van der Waals surface area contributed by atoms with Gasteiger partial charge in [0, 0.05) is 6.96 Å². The van der Waals surface area contributed by atoms with Gasteiger partial charge in [0.1, 0.15) is 4.36 Å². The highest BCUT2D eigenvalue weighted by Gasteiger charge is 2.62. The van der Waals surface area contributed by atoms with Crippen LogP contribution in [0.4, 0.5) is 0 Å². The van der Waals surface area contributed by atoms with Gasteiger partial charge in [-0.05, 0) is 52.8 Å². The summed E-state index contributed by atoms with van der Waals surface area (Å²) in [5, 5.41) is 1.48. The van der Waals surface area contributed by atoms with Gasteiger partial charge in [-0.2, -0.15) is 0 Å². The fourth-order valence-corrected chi connectivity index (χ4v) is 13.6. The molecule has 1 heterocycles. The van der Waals surface area contributed by atoms with E-state index in [2.05, 4.69) is 81.4 Å². The van der Waals surface area contributed by atoms with E-state index in [1.165, 1.54) is 22.0 Å². The molecular weight excluding hydrogens is 373 g/mol. The zero-order chi connectivity index (χ0) is 18.9. The third-order valence-corrected chi connectivity index (χ3v) is 16.4. The molecular formula is C20H32Cl2P2. The van der Waals surface area contributed by atoms with Crippen molar-refractivity contribution in [2.24, 2.45) is 0 Å². The van der Waals surface area contributed by atoms with Gasteiger partial charge < -0.3 is 0 Å². The molecule has 0 amide bonds. The molecule has 3 atom stereocenters. The molecule has 0 unspecified atom stereocenters. The van der Waals surface area contributed by atoms with Crippen LogP contribution < -0.4 is 5.30 Å². The van der Waals surface area contributed by atoms with Crippen molar-refractivity contribution in [2.75, 3.05) is 0 Å². The molecule has 0 radical (unpaired) electrons. The van der Waals surface area contributed by atoms with Crippen molar-refractivity contribution >= 4 is 42.7 Å². The summed E-state index contributed by atoms with van der Waals surface area (Å²) >= 11 is 13.5. The third kappa shape index (κ3) is 3.83. The van der Waals surface area contributed by atoms with Gasteiger partial charge in [-0.3, -0.25) is 0 Å². The number of halogens is 2. The van der Waals surface area contributed by atoms with E-state index in [0.717, 1.165) is 0 Å². The first-order valence-electron chi connectivity index (χ1n) is 8.63. The summed E-state index contributed by atoms with van der Waals surface area (Å²) < 4.78 is -0.213. The minimum atomic E-state index is -0.615. The van der Waals surface area contributed by atoms with E-state index < -0.39 is 14.6 Å². The normalized spacial score (nSPS) is 28.2. The van der Waals surface area contributed by atoms with Crippen molar-refractivity contribution in [3.05, 3.63) is 28.8 Å². The van der Waals surface area contributed by atoms with Crippen LogP contribution in [0.3, 0.4) is 0 Å². The highest BCUT2D eigenvalue weighted by atomic mass is 35.7. The molecule has 1 aliphatic heterocycles. The lowest BCUT2D eigenvalue weighted by Gasteiger charge is -2.34. The zero-order valence-electron chi connectivity index (χ0n) is 16.8. The van der Waals surface area contributed by atoms with Gasteiger partial charge in [0.15, 0.2) is 0 Å². The molecule has 0 aromatic heterocycles. The molecule has 24 heavy (non-hydrogen) atoms. The van der Waals surface area contributed by atoms with Crippen LogP contribution in [-0.4, -0.2) is 4.36 Å². The van der Waals surface area contributed by atoms with Gasteiger partial charge >= 0.3 is 0 Å². The Hall–Kier alpha value is 0.660. The van der Waals surface area contributed by atoms with E-state index in [4.69, 9.17) is 22.8 Å². The SMILES string of the molecule is CC(C)(C)c1cc(C(C)(C)C)c([P@]2[P@](Cl)[C@]2(C)Cl)c(C(C)(C)C)c1. The molecule has 0 saturated carbocycles. The smallest absolute Gasteiger partial charge is 0.107 e. The quantitative estimate of drug-likeness (QED) is 0.327. The summed E-state index contributed by atoms with van der Waals surface area (Å²) in [6, 6.07) is 4.86. The standard InChI is InChI=1S/C20H32Cl2P2/c1-17(2,3)13-11-14(18(4,5)6)16(15(12-13)19(7,8)9)23-20(10,21)24(23)22/h11-12H,1-10H3/t20-,23+,24+/m1/s1. The molecule has 1 aromatic rings. The third-order valence-electron chi connectivity index (χ3n) is 4.66. The maximum Gasteiger partial charge on any atom is 0.108 e. The summed E-state index contributed by atoms with van der Waals surface area (Å²) in [5.41, 5.74) is 4.61. The maximum absolute atomic E-state index is 6.79. The summed E-state index contributed by atoms with van der Waals surface area (Å²) in [6.07, 6.45) is 0. The van der Waals surface area contributed by atoms with Crippen LogP contribution in [-0.2, 0) is 16.2 Å². The van der Waals surface area contributed by atoms with Crippen LogP contribution >= 0.6 is 37.4 Å². The van der Waals surface area contributed by atoms with E-state index in [1.807, 2.05) is 0 Å². The van der Waals surface area contributed by atoms with Crippen LogP contribution in [0.1, 0.15) is 85.9 Å². The monoisotopic (exact) mass is 404 g/mol. The highest BCUT2D eigenvalue weighted by Crippen LogP contribution is 3.05. The molecule has 136 valence electrons. The second-order valence-corrected chi connectivity index (χ2v) is 19.3. The Balaban J connectivity index is 2.85. The van der Waals surface area contributed by atoms with E-state index >= 15 is 0 Å². The minimum absolute atomic E-state index is 0.0849. The predicted molar refractivity (Wildman–Crippen MR) is 116 cm³/mol. The zero-order valence-corrected chi connectivity index (χ0v) is 20.1. The summed E-state index contributed by atoms with van der Waals surface area (Å²) in [4.78, 5) is 0. The van der Waals surface area contributed by atoms with Crippen LogP contribution in [0.15, 0.2) is 12.1 Å². The van der Waals surface area contributed by atoms with Crippen molar-refractivity contribution < 1.29 is 0 Å². The number of benzene rings is 1. The van der Waals surface area contributed by atoms with Gasteiger partial charge in [0.25, 0.3) is 0 Å². The highest BCUT2D eigenvalue weighted by molar-refractivity contribution is 8.60. The Morgan fingerprint density at radius 2 is 1.12 bits per heavy atom. The number of hydrogen-bond donors (Lipinski definition) is 0. The lowest BCUT2D eigenvalue weighted by atomic mass is 9.75. The van der Waals surface area contributed by atoms with Crippen LogP contribution in [0.5, 0.6) is 0 Å². The van der Waals surface area contributed by atoms with Crippen molar-refractivity contribution in [3.63, 3.8) is 0 Å². The van der Waals surface area contributed by atoms with Gasteiger partial charge in [0.2, 0.25) is 0 Å². The van der Waals surface area contributed by atoms with Crippen LogP contribution in [0.25, 0.3) is 0 Å². The van der Waals surface area contributed by atoms with Crippen LogP contribution in [0, 0.1) is 0 Å². The molecule has 1 fully saturated rings. The Morgan fingerprint density at radius 3 is 1.33 bits per heavy atom. The second-order valence-electron chi connectivity index (χ2n) is 10.1. The second kappa shape index (κ2) is 6.09. The van der Waals surface area contributed by atoms with Crippen molar-refractivity contribution in [1.29, 1.82) is 0 Å². The van der Waals surface area contributed by atoms with E-state index in [1.54, 1.807) is 0 Å². The maximum atomic E-state index is 6.79. The van der Waals surface area contributed by atoms with Crippen molar-refractivity contribution in [2.45, 2.75) is 89.8 Å². The lowest BCUT2D eigenvalue weighted by molar-refractivity contribution is 0.553. The van der Waals surface area contributed by atoms with E-state index in [0.29, 0.717) is 0 Å². The number of alkyl halides is 1. The van der Waals surface area contributed by atoms with Gasteiger partial charge in [-0.1, -0.05) is 85.7 Å². The molecule has 0 spiro atoms. The average molecular weight is 405 g/mol. The van der Waals surface area contributed by atoms with Gasteiger partial charge in [-0.15, -0.1) is 11.6 Å². The first-order chi connectivity index (χ1) is 10.5. The molecule has 1 saturated heterocycles.